The largest absolute Gasteiger partial charge is 0.458 e. The Morgan fingerprint density at radius 2 is 1.35 bits per heavy atom. The first-order valence-corrected chi connectivity index (χ1v) is 19.5. The van der Waals surface area contributed by atoms with Gasteiger partial charge in [0.2, 0.25) is 8.32 Å². The van der Waals surface area contributed by atoms with Crippen LogP contribution >= 0.6 is 0 Å². The van der Waals surface area contributed by atoms with Crippen LogP contribution in [0.2, 0.25) is 16.6 Å². The Morgan fingerprint density at radius 1 is 0.833 bits per heavy atom. The number of carbonyl (C=O) groups excluding carboxylic acids is 3. The second-order valence-electron chi connectivity index (χ2n) is 16.0. The molecule has 1 aliphatic heterocycles. The summed E-state index contributed by atoms with van der Waals surface area (Å²) in [5, 5.41) is 2.28. The minimum atomic E-state index is -2.48. The second kappa shape index (κ2) is 15.7. The Bertz CT molecular complexity index is 1350. The Balaban J connectivity index is 2.12. The molecule has 268 valence electrons. The van der Waals surface area contributed by atoms with Gasteiger partial charge in [-0.25, -0.2) is 14.4 Å². The van der Waals surface area contributed by atoms with Crippen molar-refractivity contribution >= 4 is 37.2 Å². The van der Waals surface area contributed by atoms with Gasteiger partial charge in [-0.05, 0) is 87.8 Å². The molecule has 0 aromatic heterocycles. The highest BCUT2D eigenvalue weighted by molar-refractivity contribution is 6.77. The molecule has 0 aliphatic carbocycles. The van der Waals surface area contributed by atoms with Crippen molar-refractivity contribution in [2.75, 3.05) is 13.2 Å². The third kappa shape index (κ3) is 9.60. The van der Waals surface area contributed by atoms with E-state index < -0.39 is 55.9 Å². The summed E-state index contributed by atoms with van der Waals surface area (Å²) < 4.78 is 31.1. The molecule has 4 atom stereocenters. The van der Waals surface area contributed by atoms with E-state index in [1.54, 1.807) is 41.5 Å². The van der Waals surface area contributed by atoms with E-state index in [2.05, 4.69) is 71.9 Å². The van der Waals surface area contributed by atoms with Gasteiger partial charge in [0.05, 0.1) is 19.3 Å². The molecule has 0 N–H and O–H groups in total. The molecule has 0 radical (unpaired) electrons. The molecule has 0 spiro atoms. The van der Waals surface area contributed by atoms with Gasteiger partial charge in [0.15, 0.2) is 6.04 Å². The van der Waals surface area contributed by atoms with E-state index in [0.717, 1.165) is 16.3 Å². The van der Waals surface area contributed by atoms with Crippen LogP contribution in [0.5, 0.6) is 0 Å². The Hall–Kier alpha value is -2.95. The number of rotatable bonds is 8. The summed E-state index contributed by atoms with van der Waals surface area (Å²) in [5.74, 6) is -0.999. The molecule has 1 fully saturated rings. The van der Waals surface area contributed by atoms with Crippen molar-refractivity contribution in [3.8, 4) is 0 Å². The minimum Gasteiger partial charge on any atom is -0.458 e. The predicted octanol–water partition coefficient (Wildman–Crippen LogP) is 9.06. The molecule has 1 saturated heterocycles. The van der Waals surface area contributed by atoms with Gasteiger partial charge in [-0.2, -0.15) is 4.90 Å². The average molecular weight is 686 g/mol. The maximum atomic E-state index is 14.1. The first-order valence-electron chi connectivity index (χ1n) is 17.4. The number of esters is 1. The predicted molar refractivity (Wildman–Crippen MR) is 192 cm³/mol. The van der Waals surface area contributed by atoms with Gasteiger partial charge in [0.25, 0.3) is 0 Å². The zero-order valence-electron chi connectivity index (χ0n) is 31.4. The number of hydrogen-bond donors (Lipinski definition) is 0. The average Bonchev–Trinajstić information content (AvgIpc) is 2.98. The number of amides is 2. The molecular weight excluding hydrogens is 627 g/mol. The fourth-order valence-electron chi connectivity index (χ4n) is 7.10. The number of cyclic esters (lactones) is 1. The summed E-state index contributed by atoms with van der Waals surface area (Å²) in [6, 6.07) is 13.1. The van der Waals surface area contributed by atoms with Gasteiger partial charge in [-0.15, -0.1) is 0 Å². The molecule has 2 amide bonds. The lowest BCUT2D eigenvalue weighted by Crippen LogP contribution is -2.56. The van der Waals surface area contributed by atoms with E-state index in [-0.39, 0.29) is 35.8 Å². The molecule has 9 nitrogen and oxygen atoms in total. The fraction of sp³-hybridized carbons (Fsp3) is 0.658. The molecule has 3 rings (SSSR count). The Morgan fingerprint density at radius 3 is 1.88 bits per heavy atom. The van der Waals surface area contributed by atoms with E-state index in [9.17, 15) is 14.4 Å². The van der Waals surface area contributed by atoms with Gasteiger partial charge in [0.1, 0.15) is 17.3 Å². The van der Waals surface area contributed by atoms with Crippen LogP contribution in [0.3, 0.4) is 0 Å². The molecular formula is C38H59NO8Si. The normalized spacial score (nSPS) is 21.5. The van der Waals surface area contributed by atoms with Crippen LogP contribution in [0, 0.1) is 5.92 Å². The second-order valence-corrected chi connectivity index (χ2v) is 21.4. The fourth-order valence-corrected chi connectivity index (χ4v) is 12.8. The maximum Gasteiger partial charge on any atom is 0.420 e. The van der Waals surface area contributed by atoms with Crippen molar-refractivity contribution in [2.24, 2.45) is 5.92 Å². The molecule has 1 heterocycles. The van der Waals surface area contributed by atoms with E-state index in [0.29, 0.717) is 11.3 Å². The molecule has 0 saturated carbocycles. The van der Waals surface area contributed by atoms with E-state index >= 15 is 0 Å². The van der Waals surface area contributed by atoms with Crippen LogP contribution in [0.15, 0.2) is 42.5 Å². The highest BCUT2D eigenvalue weighted by Gasteiger charge is 2.50. The third-order valence-electron chi connectivity index (χ3n) is 9.01. The first-order chi connectivity index (χ1) is 22.2. The van der Waals surface area contributed by atoms with E-state index in [1.165, 1.54) is 0 Å². The molecule has 2 aromatic carbocycles. The summed E-state index contributed by atoms with van der Waals surface area (Å²) in [7, 11) is -2.48. The minimum absolute atomic E-state index is 0.209. The Labute approximate surface area is 289 Å². The number of hydrogen-bond acceptors (Lipinski definition) is 8. The van der Waals surface area contributed by atoms with Crippen LogP contribution in [0.1, 0.15) is 95.6 Å². The van der Waals surface area contributed by atoms with Crippen molar-refractivity contribution in [3.63, 3.8) is 0 Å². The van der Waals surface area contributed by atoms with Crippen molar-refractivity contribution < 1.29 is 37.8 Å². The molecule has 0 unspecified atom stereocenters. The summed E-state index contributed by atoms with van der Waals surface area (Å²) in [4.78, 5) is 41.8. The zero-order chi connectivity index (χ0) is 36.2. The molecule has 48 heavy (non-hydrogen) atoms. The first kappa shape index (κ1) is 39.5. The van der Waals surface area contributed by atoms with Gasteiger partial charge < -0.3 is 23.4 Å². The number of fused-ring (bicyclic) bond motifs is 1. The van der Waals surface area contributed by atoms with Crippen molar-refractivity contribution in [1.82, 2.24) is 4.90 Å². The molecule has 2 aromatic rings. The van der Waals surface area contributed by atoms with Crippen LogP contribution in [-0.4, -0.2) is 74.0 Å². The van der Waals surface area contributed by atoms with Gasteiger partial charge in [-0.3, -0.25) is 0 Å². The molecule has 0 bridgehead atoms. The van der Waals surface area contributed by atoms with Gasteiger partial charge in [0, 0.05) is 5.92 Å². The van der Waals surface area contributed by atoms with Crippen LogP contribution in [-0.2, 0) is 34.6 Å². The number of nitrogens with zero attached hydrogens (tertiary/aromatic N) is 1. The lowest BCUT2D eigenvalue weighted by molar-refractivity contribution is -0.160. The van der Waals surface area contributed by atoms with Crippen LogP contribution in [0.4, 0.5) is 9.59 Å². The van der Waals surface area contributed by atoms with E-state index in [4.69, 9.17) is 23.4 Å². The number of benzene rings is 2. The highest BCUT2D eigenvalue weighted by atomic mass is 28.4. The standard InChI is InChI=1S/C38H59NO8Si/c1-24(2)48(25(3)4,26(5)6)47-33-27(7)44-34(40)32(39(35(41)45-37(8,9)10)36(42)46-38(11,12)13)23-43-22-30(33)21-29-19-16-18-28-17-14-15-20-31(28)29/h14-20,24-27,30,32-33H,21-23H2,1-13H3/t27-,30-,32-,33-/m0/s1. The van der Waals surface area contributed by atoms with Crippen molar-refractivity contribution in [2.45, 2.75) is 143 Å². The Kier molecular flexibility index (Phi) is 12.9. The summed E-state index contributed by atoms with van der Waals surface area (Å²) in [5.41, 5.74) is 0.128. The zero-order valence-corrected chi connectivity index (χ0v) is 32.4. The topological polar surface area (TPSA) is 101 Å². The SMILES string of the molecule is CC(C)[Si](O[C@@H]1[C@@H](Cc2cccc3ccccc23)COC[C@H](N(C(=O)OC(C)(C)C)C(=O)OC(C)(C)C)C(=O)O[C@H]1C)(C(C)C)C(C)C. The lowest BCUT2D eigenvalue weighted by atomic mass is 9.89. The number of carbonyl (C=O) groups is 3. The smallest absolute Gasteiger partial charge is 0.420 e. The third-order valence-corrected chi connectivity index (χ3v) is 15.1. The van der Waals surface area contributed by atoms with Gasteiger partial charge >= 0.3 is 18.2 Å². The quantitative estimate of drug-likeness (QED) is 0.154. The molecule has 10 heteroatoms. The monoisotopic (exact) mass is 685 g/mol. The van der Waals surface area contributed by atoms with Crippen LogP contribution in [0.25, 0.3) is 10.8 Å². The number of imide groups is 1. The van der Waals surface area contributed by atoms with Gasteiger partial charge in [-0.1, -0.05) is 84.0 Å². The lowest BCUT2D eigenvalue weighted by Gasteiger charge is -2.47. The maximum absolute atomic E-state index is 14.1. The van der Waals surface area contributed by atoms with Crippen molar-refractivity contribution in [1.29, 1.82) is 0 Å². The summed E-state index contributed by atoms with van der Waals surface area (Å²) in [6.07, 6.45) is -2.65. The van der Waals surface area contributed by atoms with Crippen molar-refractivity contribution in [3.05, 3.63) is 48.0 Å². The summed E-state index contributed by atoms with van der Waals surface area (Å²) in [6.45, 7) is 25.2. The summed E-state index contributed by atoms with van der Waals surface area (Å²) >= 11 is 0. The van der Waals surface area contributed by atoms with Crippen LogP contribution < -0.4 is 0 Å². The highest BCUT2D eigenvalue weighted by Crippen LogP contribution is 2.45. The number of ether oxygens (including phenoxy) is 4. The van der Waals surface area contributed by atoms with E-state index in [1.807, 2.05) is 19.1 Å². The molecule has 1 aliphatic rings.